The predicted octanol–water partition coefficient (Wildman–Crippen LogP) is 3.61. The second-order valence-corrected chi connectivity index (χ2v) is 5.80. The Morgan fingerprint density at radius 3 is 2.81 bits per heavy atom. The molecule has 2 aromatic heterocycles. The van der Waals surface area contributed by atoms with E-state index in [1.807, 2.05) is 25.1 Å². The minimum Gasteiger partial charge on any atom is -0.351 e. The van der Waals surface area contributed by atoms with Gasteiger partial charge in [-0.2, -0.15) is 0 Å². The van der Waals surface area contributed by atoms with E-state index >= 15 is 0 Å². The second-order valence-electron chi connectivity index (χ2n) is 5.80. The van der Waals surface area contributed by atoms with Gasteiger partial charge in [-0.3, -0.25) is 4.98 Å². The van der Waals surface area contributed by atoms with Crippen LogP contribution >= 0.6 is 0 Å². The maximum atomic E-state index is 4.79. The molecule has 1 fully saturated rings. The van der Waals surface area contributed by atoms with Crippen molar-refractivity contribution in [2.24, 2.45) is 0 Å². The topological polar surface area (TPSA) is 41.9 Å². The molecular weight excluding hydrogens is 260 g/mol. The molecule has 1 aliphatic rings. The normalized spacial score (nSPS) is 21.8. The summed E-state index contributed by atoms with van der Waals surface area (Å²) < 4.78 is 0. The van der Waals surface area contributed by atoms with Gasteiger partial charge in [-0.1, -0.05) is 13.0 Å². The van der Waals surface area contributed by atoms with E-state index in [1.165, 1.54) is 12.8 Å². The number of anilines is 1. The molecule has 0 bridgehead atoms. The van der Waals surface area contributed by atoms with Crippen molar-refractivity contribution in [2.75, 3.05) is 4.90 Å². The molecule has 3 rings (SSSR count). The lowest BCUT2D eigenvalue weighted by molar-refractivity contribution is 0.620. The number of aromatic nitrogens is 3. The summed E-state index contributed by atoms with van der Waals surface area (Å²) in [5.74, 6) is 1.76. The van der Waals surface area contributed by atoms with E-state index in [0.717, 1.165) is 29.5 Å². The second kappa shape index (κ2) is 5.80. The zero-order chi connectivity index (χ0) is 14.8. The number of hydrogen-bond acceptors (Lipinski definition) is 4. The molecule has 4 heteroatoms. The molecular formula is C17H22N4. The number of pyridine rings is 1. The van der Waals surface area contributed by atoms with Crippen LogP contribution < -0.4 is 4.90 Å². The van der Waals surface area contributed by atoms with Gasteiger partial charge in [0, 0.05) is 30.0 Å². The van der Waals surface area contributed by atoms with E-state index in [-0.39, 0.29) is 0 Å². The Kier molecular flexibility index (Phi) is 3.86. The molecule has 0 aromatic carbocycles. The highest BCUT2D eigenvalue weighted by Gasteiger charge is 2.30. The lowest BCUT2D eigenvalue weighted by atomic mass is 10.1. The van der Waals surface area contributed by atoms with Crippen molar-refractivity contribution < 1.29 is 0 Å². The quantitative estimate of drug-likeness (QED) is 0.862. The van der Waals surface area contributed by atoms with E-state index in [1.54, 1.807) is 6.20 Å². The van der Waals surface area contributed by atoms with E-state index in [2.05, 4.69) is 34.8 Å². The van der Waals surface area contributed by atoms with Crippen molar-refractivity contribution in [3.63, 3.8) is 0 Å². The van der Waals surface area contributed by atoms with E-state index in [4.69, 9.17) is 4.98 Å². The van der Waals surface area contributed by atoms with Gasteiger partial charge in [-0.15, -0.1) is 0 Å². The van der Waals surface area contributed by atoms with Gasteiger partial charge in [-0.05, 0) is 45.2 Å². The Bertz CT molecular complexity index is 611. The van der Waals surface area contributed by atoms with Gasteiger partial charge in [0.25, 0.3) is 0 Å². The summed E-state index contributed by atoms with van der Waals surface area (Å²) in [6, 6.07) is 9.07. The highest BCUT2D eigenvalue weighted by molar-refractivity contribution is 5.54. The number of hydrogen-bond donors (Lipinski definition) is 0. The molecule has 0 spiro atoms. The Hall–Kier alpha value is -1.97. The molecule has 21 heavy (non-hydrogen) atoms. The highest BCUT2D eigenvalue weighted by Crippen LogP contribution is 2.31. The summed E-state index contributed by atoms with van der Waals surface area (Å²) in [5.41, 5.74) is 1.83. The summed E-state index contributed by atoms with van der Waals surface area (Å²) in [7, 11) is 0. The first-order chi connectivity index (χ1) is 10.2. The Morgan fingerprint density at radius 1 is 1.24 bits per heavy atom. The summed E-state index contributed by atoms with van der Waals surface area (Å²) in [6.45, 7) is 6.57. The van der Waals surface area contributed by atoms with Gasteiger partial charge in [-0.25, -0.2) is 9.97 Å². The molecule has 0 saturated carbocycles. The fraction of sp³-hybridized carbons (Fsp3) is 0.471. The van der Waals surface area contributed by atoms with Gasteiger partial charge < -0.3 is 4.90 Å². The molecule has 0 aliphatic carbocycles. The third kappa shape index (κ3) is 2.75. The highest BCUT2D eigenvalue weighted by atomic mass is 15.3. The zero-order valence-corrected chi connectivity index (χ0v) is 13.0. The summed E-state index contributed by atoms with van der Waals surface area (Å²) >= 11 is 0. The Labute approximate surface area is 126 Å². The fourth-order valence-corrected chi connectivity index (χ4v) is 3.18. The van der Waals surface area contributed by atoms with Crippen LogP contribution in [0, 0.1) is 6.92 Å². The zero-order valence-electron chi connectivity index (χ0n) is 13.0. The molecule has 110 valence electrons. The predicted molar refractivity (Wildman–Crippen MR) is 85.3 cm³/mol. The van der Waals surface area contributed by atoms with Gasteiger partial charge in [0.1, 0.15) is 11.5 Å². The monoisotopic (exact) mass is 282 g/mol. The van der Waals surface area contributed by atoms with Crippen molar-refractivity contribution in [3.8, 4) is 11.5 Å². The van der Waals surface area contributed by atoms with Crippen LogP contribution in [-0.4, -0.2) is 27.0 Å². The molecule has 1 saturated heterocycles. The van der Waals surface area contributed by atoms with Crippen molar-refractivity contribution in [3.05, 3.63) is 36.2 Å². The largest absolute Gasteiger partial charge is 0.351 e. The van der Waals surface area contributed by atoms with E-state index in [0.29, 0.717) is 12.1 Å². The van der Waals surface area contributed by atoms with Crippen molar-refractivity contribution in [2.45, 2.75) is 52.1 Å². The van der Waals surface area contributed by atoms with Crippen molar-refractivity contribution >= 4 is 5.82 Å². The molecule has 3 heterocycles. The lowest BCUT2D eigenvalue weighted by Crippen LogP contribution is -2.35. The van der Waals surface area contributed by atoms with Crippen LogP contribution in [0.3, 0.4) is 0 Å². The Morgan fingerprint density at radius 2 is 2.10 bits per heavy atom. The summed E-state index contributed by atoms with van der Waals surface area (Å²) in [6.07, 6.45) is 5.43. The maximum Gasteiger partial charge on any atom is 0.180 e. The summed E-state index contributed by atoms with van der Waals surface area (Å²) in [5, 5.41) is 0. The molecule has 0 amide bonds. The van der Waals surface area contributed by atoms with Crippen molar-refractivity contribution in [1.82, 2.24) is 15.0 Å². The number of aryl methyl sites for hydroxylation is 1. The van der Waals surface area contributed by atoms with E-state index in [9.17, 15) is 0 Å². The maximum absolute atomic E-state index is 4.79. The number of nitrogens with zero attached hydrogens (tertiary/aromatic N) is 4. The van der Waals surface area contributed by atoms with Gasteiger partial charge >= 0.3 is 0 Å². The molecule has 2 unspecified atom stereocenters. The first-order valence-corrected chi connectivity index (χ1v) is 7.74. The molecule has 2 aromatic rings. The molecule has 4 nitrogen and oxygen atoms in total. The molecule has 0 radical (unpaired) electrons. The van der Waals surface area contributed by atoms with Crippen molar-refractivity contribution in [1.29, 1.82) is 0 Å². The smallest absolute Gasteiger partial charge is 0.180 e. The van der Waals surface area contributed by atoms with Crippen LogP contribution in [-0.2, 0) is 0 Å². The summed E-state index contributed by atoms with van der Waals surface area (Å²) in [4.78, 5) is 16.2. The van der Waals surface area contributed by atoms with Gasteiger partial charge in [0.15, 0.2) is 5.82 Å². The third-order valence-corrected chi connectivity index (χ3v) is 4.26. The van der Waals surface area contributed by atoms with Crippen LogP contribution in [0.1, 0.15) is 38.8 Å². The number of rotatable bonds is 3. The average Bonchev–Trinajstić information content (AvgIpc) is 2.88. The first kappa shape index (κ1) is 14.0. The molecule has 2 atom stereocenters. The van der Waals surface area contributed by atoms with Crippen LogP contribution in [0.4, 0.5) is 5.82 Å². The molecule has 0 N–H and O–H groups in total. The minimum absolute atomic E-state index is 0.542. The van der Waals surface area contributed by atoms with Gasteiger partial charge in [0.2, 0.25) is 0 Å². The third-order valence-electron chi connectivity index (χ3n) is 4.26. The van der Waals surface area contributed by atoms with Crippen LogP contribution in [0.25, 0.3) is 11.5 Å². The van der Waals surface area contributed by atoms with Crippen LogP contribution in [0.5, 0.6) is 0 Å². The molecule has 1 aliphatic heterocycles. The van der Waals surface area contributed by atoms with Crippen LogP contribution in [0.2, 0.25) is 0 Å². The van der Waals surface area contributed by atoms with Gasteiger partial charge in [0.05, 0.1) is 0 Å². The SMILES string of the molecule is CCC1CCC(C)N1c1cc(C)nc(-c2ccccn2)n1. The Balaban J connectivity index is 2.02. The first-order valence-electron chi connectivity index (χ1n) is 7.74. The lowest BCUT2D eigenvalue weighted by Gasteiger charge is -2.29. The fourth-order valence-electron chi connectivity index (χ4n) is 3.18. The standard InChI is InChI=1S/C17H22N4/c1-4-14-9-8-13(3)21(14)16-11-12(2)19-17(20-16)15-7-5-6-10-18-15/h5-7,10-11,13-14H,4,8-9H2,1-3H3. The van der Waals surface area contributed by atoms with Crippen LogP contribution in [0.15, 0.2) is 30.5 Å². The van der Waals surface area contributed by atoms with E-state index < -0.39 is 0 Å². The minimum atomic E-state index is 0.542. The average molecular weight is 282 g/mol.